The summed E-state index contributed by atoms with van der Waals surface area (Å²) >= 11 is 0. The molecule has 0 bridgehead atoms. The molecular weight excluding hydrogens is 274 g/mol. The van der Waals surface area contributed by atoms with Crippen LogP contribution in [0.15, 0.2) is 42.5 Å². The highest BCUT2D eigenvalue weighted by atomic mass is 16.6. The first-order valence-electron chi connectivity index (χ1n) is 6.09. The van der Waals surface area contributed by atoms with Crippen LogP contribution in [0.25, 0.3) is 0 Å². The molecule has 1 amide bonds. The molecule has 0 aliphatic rings. The standard InChI is InChI=1S/C14H13N3O4/c1-15-10-6-3-2-5-9(10)14(19)16-13-11(17(20)21)7-4-8-12(13)18/h2-8,15,18H,1H3,(H,16,19). The van der Waals surface area contributed by atoms with Gasteiger partial charge in [0.2, 0.25) is 0 Å². The molecule has 0 aliphatic heterocycles. The lowest BCUT2D eigenvalue weighted by atomic mass is 10.1. The number of para-hydroxylation sites is 2. The van der Waals surface area contributed by atoms with E-state index in [9.17, 15) is 20.0 Å². The number of phenolic OH excluding ortho intramolecular Hbond substituents is 1. The van der Waals surface area contributed by atoms with Crippen molar-refractivity contribution in [2.75, 3.05) is 17.7 Å². The number of hydrogen-bond acceptors (Lipinski definition) is 5. The van der Waals surface area contributed by atoms with Crippen molar-refractivity contribution >= 4 is 23.0 Å². The van der Waals surface area contributed by atoms with E-state index < -0.39 is 10.8 Å². The largest absolute Gasteiger partial charge is 0.505 e. The molecule has 3 N–H and O–H groups in total. The van der Waals surface area contributed by atoms with Gasteiger partial charge in [0.25, 0.3) is 11.6 Å². The van der Waals surface area contributed by atoms with E-state index in [4.69, 9.17) is 0 Å². The van der Waals surface area contributed by atoms with Crippen molar-refractivity contribution in [2.24, 2.45) is 0 Å². The van der Waals surface area contributed by atoms with Crippen LogP contribution in [-0.2, 0) is 0 Å². The Morgan fingerprint density at radius 3 is 2.57 bits per heavy atom. The van der Waals surface area contributed by atoms with Gasteiger partial charge in [-0.2, -0.15) is 0 Å². The average molecular weight is 287 g/mol. The van der Waals surface area contributed by atoms with E-state index in [0.29, 0.717) is 11.3 Å². The molecule has 0 aliphatic carbocycles. The molecule has 2 aromatic rings. The first-order chi connectivity index (χ1) is 10.0. The van der Waals surface area contributed by atoms with Crippen molar-refractivity contribution in [3.63, 3.8) is 0 Å². The van der Waals surface area contributed by atoms with Crippen molar-refractivity contribution in [1.82, 2.24) is 0 Å². The second-order valence-corrected chi connectivity index (χ2v) is 4.18. The van der Waals surface area contributed by atoms with Crippen molar-refractivity contribution in [3.8, 4) is 5.75 Å². The van der Waals surface area contributed by atoms with Gasteiger partial charge in [-0.1, -0.05) is 18.2 Å². The van der Waals surface area contributed by atoms with Crippen molar-refractivity contribution < 1.29 is 14.8 Å². The van der Waals surface area contributed by atoms with Gasteiger partial charge in [-0.3, -0.25) is 14.9 Å². The van der Waals surface area contributed by atoms with Crippen molar-refractivity contribution in [2.45, 2.75) is 0 Å². The van der Waals surface area contributed by atoms with E-state index in [0.717, 1.165) is 0 Å². The number of hydrogen-bond donors (Lipinski definition) is 3. The lowest BCUT2D eigenvalue weighted by molar-refractivity contribution is -0.384. The predicted molar refractivity (Wildman–Crippen MR) is 78.7 cm³/mol. The van der Waals surface area contributed by atoms with Gasteiger partial charge >= 0.3 is 0 Å². The van der Waals surface area contributed by atoms with E-state index in [-0.39, 0.29) is 17.1 Å². The minimum atomic E-state index is -0.667. The van der Waals surface area contributed by atoms with Crippen LogP contribution >= 0.6 is 0 Å². The van der Waals surface area contributed by atoms with Gasteiger partial charge < -0.3 is 15.7 Å². The van der Waals surface area contributed by atoms with Crippen LogP contribution in [0.3, 0.4) is 0 Å². The van der Waals surface area contributed by atoms with Crippen molar-refractivity contribution in [3.05, 3.63) is 58.1 Å². The maximum Gasteiger partial charge on any atom is 0.296 e. The topological polar surface area (TPSA) is 104 Å². The Morgan fingerprint density at radius 1 is 1.19 bits per heavy atom. The fraction of sp³-hybridized carbons (Fsp3) is 0.0714. The summed E-state index contributed by atoms with van der Waals surface area (Å²) < 4.78 is 0. The molecule has 21 heavy (non-hydrogen) atoms. The Bertz CT molecular complexity index is 700. The Hall–Kier alpha value is -3.09. The lowest BCUT2D eigenvalue weighted by Gasteiger charge is -2.10. The Labute approximate surface area is 120 Å². The maximum absolute atomic E-state index is 12.2. The number of carbonyl (C=O) groups is 1. The summed E-state index contributed by atoms with van der Waals surface area (Å²) in [6.45, 7) is 0. The number of nitrogens with one attached hydrogen (secondary N) is 2. The smallest absolute Gasteiger partial charge is 0.296 e. The van der Waals surface area contributed by atoms with Crippen LogP contribution < -0.4 is 10.6 Å². The molecule has 7 heteroatoms. The molecule has 0 aromatic heterocycles. The molecule has 0 atom stereocenters. The van der Waals surface area contributed by atoms with E-state index in [1.807, 2.05) is 0 Å². The zero-order valence-electron chi connectivity index (χ0n) is 11.2. The summed E-state index contributed by atoms with van der Waals surface area (Å²) in [6, 6.07) is 10.5. The number of nitrogens with zero attached hydrogens (tertiary/aromatic N) is 1. The second-order valence-electron chi connectivity index (χ2n) is 4.18. The zero-order valence-corrected chi connectivity index (χ0v) is 11.2. The third-order valence-corrected chi connectivity index (χ3v) is 2.90. The minimum Gasteiger partial charge on any atom is -0.505 e. The van der Waals surface area contributed by atoms with E-state index in [2.05, 4.69) is 10.6 Å². The molecule has 0 fully saturated rings. The number of aromatic hydroxyl groups is 1. The molecule has 2 rings (SSSR count). The fourth-order valence-electron chi connectivity index (χ4n) is 1.89. The third kappa shape index (κ3) is 2.92. The van der Waals surface area contributed by atoms with Gasteiger partial charge in [-0.15, -0.1) is 0 Å². The summed E-state index contributed by atoms with van der Waals surface area (Å²) in [6.07, 6.45) is 0. The predicted octanol–water partition coefficient (Wildman–Crippen LogP) is 2.59. The number of carbonyl (C=O) groups excluding carboxylic acids is 1. The number of benzene rings is 2. The maximum atomic E-state index is 12.2. The number of phenols is 1. The molecule has 7 nitrogen and oxygen atoms in total. The quantitative estimate of drug-likeness (QED) is 0.455. The first-order valence-corrected chi connectivity index (χ1v) is 6.09. The van der Waals surface area contributed by atoms with Gasteiger partial charge in [0, 0.05) is 18.8 Å². The number of amides is 1. The van der Waals surface area contributed by atoms with Crippen LogP contribution in [-0.4, -0.2) is 23.0 Å². The fourth-order valence-corrected chi connectivity index (χ4v) is 1.89. The average Bonchev–Trinajstić information content (AvgIpc) is 2.48. The summed E-state index contributed by atoms with van der Waals surface area (Å²) in [5.41, 5.74) is 0.300. The van der Waals surface area contributed by atoms with Gasteiger partial charge in [0.05, 0.1) is 10.5 Å². The van der Waals surface area contributed by atoms with Crippen LogP contribution in [0.5, 0.6) is 5.75 Å². The summed E-state index contributed by atoms with van der Waals surface area (Å²) in [5.74, 6) is -0.913. The van der Waals surface area contributed by atoms with Crippen LogP contribution in [0.4, 0.5) is 17.1 Å². The Kier molecular flexibility index (Phi) is 4.03. The molecule has 0 unspecified atom stereocenters. The molecule has 0 saturated carbocycles. The highest BCUT2D eigenvalue weighted by Gasteiger charge is 2.21. The van der Waals surface area contributed by atoms with Crippen LogP contribution in [0.2, 0.25) is 0 Å². The van der Waals surface area contributed by atoms with Crippen LogP contribution in [0.1, 0.15) is 10.4 Å². The van der Waals surface area contributed by atoms with Crippen LogP contribution in [0, 0.1) is 10.1 Å². The highest BCUT2D eigenvalue weighted by Crippen LogP contribution is 2.33. The second kappa shape index (κ2) is 5.91. The number of rotatable bonds is 4. The van der Waals surface area contributed by atoms with E-state index >= 15 is 0 Å². The van der Waals surface area contributed by atoms with Gasteiger partial charge in [0.1, 0.15) is 5.75 Å². The molecular formula is C14H13N3O4. The molecule has 0 radical (unpaired) electrons. The van der Waals surface area contributed by atoms with E-state index in [1.54, 1.807) is 31.3 Å². The normalized spacial score (nSPS) is 9.95. The molecule has 0 saturated heterocycles. The number of nitro benzene ring substituents is 1. The number of anilines is 2. The summed E-state index contributed by atoms with van der Waals surface area (Å²) in [4.78, 5) is 22.5. The molecule has 0 heterocycles. The molecule has 2 aromatic carbocycles. The van der Waals surface area contributed by atoms with Gasteiger partial charge in [-0.05, 0) is 18.2 Å². The lowest BCUT2D eigenvalue weighted by Crippen LogP contribution is -2.15. The summed E-state index contributed by atoms with van der Waals surface area (Å²) in [5, 5.41) is 25.9. The summed E-state index contributed by atoms with van der Waals surface area (Å²) in [7, 11) is 1.66. The zero-order chi connectivity index (χ0) is 15.4. The molecule has 0 spiro atoms. The SMILES string of the molecule is CNc1ccccc1C(=O)Nc1c(O)cccc1[N+](=O)[O-]. The van der Waals surface area contributed by atoms with Crippen molar-refractivity contribution in [1.29, 1.82) is 0 Å². The Morgan fingerprint density at radius 2 is 1.90 bits per heavy atom. The molecule has 108 valence electrons. The Balaban J connectivity index is 2.38. The van der Waals surface area contributed by atoms with Gasteiger partial charge in [-0.25, -0.2) is 0 Å². The van der Waals surface area contributed by atoms with Gasteiger partial charge in [0.15, 0.2) is 5.69 Å². The van der Waals surface area contributed by atoms with E-state index in [1.165, 1.54) is 18.2 Å². The minimum absolute atomic E-state index is 0.224. The monoisotopic (exact) mass is 287 g/mol. The number of nitro groups is 1. The first kappa shape index (κ1) is 14.3. The third-order valence-electron chi connectivity index (χ3n) is 2.90. The highest BCUT2D eigenvalue weighted by molar-refractivity contribution is 6.09.